The van der Waals surface area contributed by atoms with Crippen LogP contribution in [0.15, 0.2) is 22.9 Å². The van der Waals surface area contributed by atoms with Crippen molar-refractivity contribution in [3.8, 4) is 0 Å². The highest BCUT2D eigenvalue weighted by Crippen LogP contribution is 2.30. The highest BCUT2D eigenvalue weighted by Gasteiger charge is 2.32. The van der Waals surface area contributed by atoms with E-state index in [0.29, 0.717) is 43.5 Å². The molecule has 1 aliphatic rings. The van der Waals surface area contributed by atoms with Crippen LogP contribution in [0, 0.1) is 5.92 Å². The van der Waals surface area contributed by atoms with Crippen molar-refractivity contribution in [1.29, 1.82) is 0 Å². The third kappa shape index (κ3) is 4.12. The van der Waals surface area contributed by atoms with Gasteiger partial charge in [-0.2, -0.15) is 18.2 Å². The Morgan fingerprint density at radius 1 is 1.42 bits per heavy atom. The quantitative estimate of drug-likeness (QED) is 0.870. The molecule has 0 radical (unpaired) electrons. The zero-order chi connectivity index (χ0) is 18.7. The van der Waals surface area contributed by atoms with Crippen LogP contribution in [0.25, 0.3) is 0 Å². The Labute approximate surface area is 147 Å². The molecule has 7 nitrogen and oxygen atoms in total. The van der Waals surface area contributed by atoms with E-state index in [-0.39, 0.29) is 18.4 Å². The minimum Gasteiger partial charge on any atom is -0.356 e. The maximum absolute atomic E-state index is 12.6. The third-order valence-electron chi connectivity index (χ3n) is 4.19. The number of alkyl halides is 3. The van der Waals surface area contributed by atoms with Crippen LogP contribution in [0.3, 0.4) is 0 Å². The molecule has 1 amide bonds. The number of carbonyl (C=O) groups is 1. The van der Waals surface area contributed by atoms with Gasteiger partial charge in [0.05, 0.1) is 18.0 Å². The van der Waals surface area contributed by atoms with E-state index in [2.05, 4.69) is 20.4 Å². The van der Waals surface area contributed by atoms with Crippen molar-refractivity contribution in [2.45, 2.75) is 32.5 Å². The number of halogens is 3. The first-order valence-electron chi connectivity index (χ1n) is 8.24. The summed E-state index contributed by atoms with van der Waals surface area (Å²) in [5, 5.41) is 6.52. The van der Waals surface area contributed by atoms with Crippen LogP contribution in [-0.2, 0) is 23.9 Å². The predicted molar refractivity (Wildman–Crippen MR) is 85.1 cm³/mol. The number of pyridine rings is 1. The molecule has 2 aromatic rings. The average Bonchev–Trinajstić information content (AvgIpc) is 3.28. The first-order valence-corrected chi connectivity index (χ1v) is 8.24. The van der Waals surface area contributed by atoms with Crippen LogP contribution in [0.1, 0.15) is 30.6 Å². The summed E-state index contributed by atoms with van der Waals surface area (Å²) >= 11 is 0. The van der Waals surface area contributed by atoms with Crippen molar-refractivity contribution in [2.75, 3.05) is 18.0 Å². The predicted octanol–water partition coefficient (Wildman–Crippen LogP) is 2.19. The van der Waals surface area contributed by atoms with Crippen LogP contribution < -0.4 is 10.2 Å². The van der Waals surface area contributed by atoms with E-state index in [9.17, 15) is 18.0 Å². The van der Waals surface area contributed by atoms with E-state index in [1.165, 1.54) is 6.07 Å². The highest BCUT2D eigenvalue weighted by molar-refractivity contribution is 5.79. The number of amides is 1. The normalized spacial score (nSPS) is 17.5. The maximum atomic E-state index is 12.6. The standard InChI is InChI=1S/C16H18F3N5O2/c1-2-14-22-12(23-26-14)8-21-15(25)10-5-6-24(9-10)13-4-3-11(7-20-13)16(17,18)19/h3-4,7,10H,2,5-6,8-9H2,1H3,(H,21,25). The minimum absolute atomic E-state index is 0.151. The minimum atomic E-state index is -4.41. The number of aromatic nitrogens is 3. The zero-order valence-electron chi connectivity index (χ0n) is 14.1. The molecule has 1 fully saturated rings. The summed E-state index contributed by atoms with van der Waals surface area (Å²) in [6.07, 6.45) is -2.38. The van der Waals surface area contributed by atoms with Gasteiger partial charge in [-0.3, -0.25) is 4.79 Å². The summed E-state index contributed by atoms with van der Waals surface area (Å²) in [6, 6.07) is 2.33. The molecule has 0 spiro atoms. The molecular weight excluding hydrogens is 351 g/mol. The summed E-state index contributed by atoms with van der Waals surface area (Å²) < 4.78 is 42.7. The zero-order valence-corrected chi connectivity index (χ0v) is 14.1. The topological polar surface area (TPSA) is 84.2 Å². The van der Waals surface area contributed by atoms with Gasteiger partial charge in [0.1, 0.15) is 5.82 Å². The van der Waals surface area contributed by atoms with Gasteiger partial charge in [-0.05, 0) is 18.6 Å². The summed E-state index contributed by atoms with van der Waals surface area (Å²) in [5.74, 6) is 0.932. The Bertz CT molecular complexity index is 760. The maximum Gasteiger partial charge on any atom is 0.417 e. The highest BCUT2D eigenvalue weighted by atomic mass is 19.4. The fraction of sp³-hybridized carbons (Fsp3) is 0.500. The van der Waals surface area contributed by atoms with Crippen LogP contribution >= 0.6 is 0 Å². The molecule has 10 heteroatoms. The number of anilines is 1. The second-order valence-electron chi connectivity index (χ2n) is 6.01. The molecule has 1 aliphatic heterocycles. The molecule has 0 aliphatic carbocycles. The molecule has 0 bridgehead atoms. The molecule has 1 unspecified atom stereocenters. The van der Waals surface area contributed by atoms with Crippen LogP contribution in [0.5, 0.6) is 0 Å². The Kier molecular flexibility index (Phi) is 5.10. The second kappa shape index (κ2) is 7.30. The summed E-state index contributed by atoms with van der Waals surface area (Å²) in [6.45, 7) is 3.02. The van der Waals surface area contributed by atoms with Gasteiger partial charge < -0.3 is 14.7 Å². The van der Waals surface area contributed by atoms with Crippen LogP contribution in [-0.4, -0.2) is 34.1 Å². The van der Waals surface area contributed by atoms with Crippen LogP contribution in [0.2, 0.25) is 0 Å². The van der Waals surface area contributed by atoms with Gasteiger partial charge >= 0.3 is 6.18 Å². The van der Waals surface area contributed by atoms with E-state index in [1.807, 2.05) is 6.92 Å². The van der Waals surface area contributed by atoms with Crippen molar-refractivity contribution in [3.63, 3.8) is 0 Å². The molecular formula is C16H18F3N5O2. The number of hydrogen-bond donors (Lipinski definition) is 1. The second-order valence-corrected chi connectivity index (χ2v) is 6.01. The summed E-state index contributed by atoms with van der Waals surface area (Å²) in [4.78, 5) is 22.0. The molecule has 3 rings (SSSR count). The van der Waals surface area contributed by atoms with Crippen molar-refractivity contribution in [2.24, 2.45) is 5.92 Å². The Morgan fingerprint density at radius 2 is 2.23 bits per heavy atom. The third-order valence-corrected chi connectivity index (χ3v) is 4.19. The molecule has 1 atom stereocenters. The monoisotopic (exact) mass is 369 g/mol. The van der Waals surface area contributed by atoms with Gasteiger partial charge in [-0.1, -0.05) is 12.1 Å². The summed E-state index contributed by atoms with van der Waals surface area (Å²) in [5.41, 5.74) is -0.790. The number of carbonyl (C=O) groups excluding carboxylic acids is 1. The van der Waals surface area contributed by atoms with E-state index in [0.717, 1.165) is 12.3 Å². The lowest BCUT2D eigenvalue weighted by Crippen LogP contribution is -2.32. The Balaban J connectivity index is 1.53. The van der Waals surface area contributed by atoms with Crippen molar-refractivity contribution < 1.29 is 22.5 Å². The number of nitrogens with zero attached hydrogens (tertiary/aromatic N) is 4. The van der Waals surface area contributed by atoms with Gasteiger partial charge in [-0.15, -0.1) is 0 Å². The number of aryl methyl sites for hydroxylation is 1. The molecule has 0 saturated carbocycles. The van der Waals surface area contributed by atoms with Gasteiger partial charge in [0.25, 0.3) is 0 Å². The SMILES string of the molecule is CCc1nc(CNC(=O)C2CCN(c3ccc(C(F)(F)F)cn3)C2)no1. The summed E-state index contributed by atoms with van der Waals surface area (Å²) in [7, 11) is 0. The molecule has 0 aromatic carbocycles. The first kappa shape index (κ1) is 18.2. The first-order chi connectivity index (χ1) is 12.4. The van der Waals surface area contributed by atoms with Crippen molar-refractivity contribution >= 4 is 11.7 Å². The lowest BCUT2D eigenvalue weighted by atomic mass is 10.1. The molecule has 1 saturated heterocycles. The average molecular weight is 369 g/mol. The van der Waals surface area contributed by atoms with E-state index < -0.39 is 11.7 Å². The lowest BCUT2D eigenvalue weighted by molar-refractivity contribution is -0.137. The van der Waals surface area contributed by atoms with Gasteiger partial charge in [0.15, 0.2) is 5.82 Å². The molecule has 140 valence electrons. The largest absolute Gasteiger partial charge is 0.417 e. The fourth-order valence-electron chi connectivity index (χ4n) is 2.74. The van der Waals surface area contributed by atoms with Crippen molar-refractivity contribution in [1.82, 2.24) is 20.4 Å². The molecule has 26 heavy (non-hydrogen) atoms. The molecule has 1 N–H and O–H groups in total. The van der Waals surface area contributed by atoms with E-state index >= 15 is 0 Å². The lowest BCUT2D eigenvalue weighted by Gasteiger charge is -2.18. The van der Waals surface area contributed by atoms with Gasteiger partial charge in [0.2, 0.25) is 11.8 Å². The Morgan fingerprint density at radius 3 is 2.85 bits per heavy atom. The number of rotatable bonds is 5. The number of hydrogen-bond acceptors (Lipinski definition) is 6. The van der Waals surface area contributed by atoms with Gasteiger partial charge in [0, 0.05) is 25.7 Å². The Hall–Kier alpha value is -2.65. The fourth-order valence-corrected chi connectivity index (χ4v) is 2.74. The molecule has 3 heterocycles. The van der Waals surface area contributed by atoms with E-state index in [1.54, 1.807) is 4.90 Å². The smallest absolute Gasteiger partial charge is 0.356 e. The van der Waals surface area contributed by atoms with E-state index in [4.69, 9.17) is 4.52 Å². The van der Waals surface area contributed by atoms with Gasteiger partial charge in [-0.25, -0.2) is 4.98 Å². The molecule has 2 aromatic heterocycles. The van der Waals surface area contributed by atoms with Crippen molar-refractivity contribution in [3.05, 3.63) is 35.6 Å². The number of nitrogens with one attached hydrogen (secondary N) is 1. The van der Waals surface area contributed by atoms with Crippen LogP contribution in [0.4, 0.5) is 19.0 Å².